The molecule has 7 heteroatoms. The Morgan fingerprint density at radius 1 is 1.52 bits per heavy atom. The third-order valence-electron chi connectivity index (χ3n) is 3.84. The second kappa shape index (κ2) is 6.44. The summed E-state index contributed by atoms with van der Waals surface area (Å²) in [5, 5.41) is 21.0. The molecule has 0 radical (unpaired) electrons. The van der Waals surface area contributed by atoms with E-state index in [9.17, 15) is 20.0 Å². The second-order valence-corrected chi connectivity index (χ2v) is 6.10. The maximum absolute atomic E-state index is 12.5. The van der Waals surface area contributed by atoms with Gasteiger partial charge in [-0.3, -0.25) is 14.9 Å². The Bertz CT molecular complexity index is 564. The monoisotopic (exact) mass is 310 g/mol. The molecular formula is C14H18N2O4S. The number of carbonyl (C=O) groups excluding carboxylic acids is 1. The lowest BCUT2D eigenvalue weighted by Gasteiger charge is -2.34. The van der Waals surface area contributed by atoms with Crippen LogP contribution in [0.2, 0.25) is 0 Å². The van der Waals surface area contributed by atoms with Gasteiger partial charge in [-0.15, -0.1) is 11.8 Å². The van der Waals surface area contributed by atoms with Gasteiger partial charge in [0.05, 0.1) is 11.0 Å². The summed E-state index contributed by atoms with van der Waals surface area (Å²) in [5.74, 6) is -0.245. The predicted octanol–water partition coefficient (Wildman–Crippen LogP) is 2.16. The Balaban J connectivity index is 2.31. The van der Waals surface area contributed by atoms with Crippen LogP contribution < -0.4 is 0 Å². The van der Waals surface area contributed by atoms with Gasteiger partial charge < -0.3 is 10.0 Å². The van der Waals surface area contributed by atoms with E-state index in [2.05, 4.69) is 0 Å². The standard InChI is InChI=1S/C14H18N2O4S/c1-9-5-6-15(8-13(9)17)14(18)11-7-10(21-2)3-4-12(11)16(19)20/h3-4,7,9,13,17H,5-6,8H2,1-2H3. The first-order chi connectivity index (χ1) is 9.93. The number of benzene rings is 1. The predicted molar refractivity (Wildman–Crippen MR) is 80.6 cm³/mol. The summed E-state index contributed by atoms with van der Waals surface area (Å²) in [6, 6.07) is 4.55. The van der Waals surface area contributed by atoms with Crippen molar-refractivity contribution in [2.24, 2.45) is 5.92 Å². The van der Waals surface area contributed by atoms with Gasteiger partial charge in [0.25, 0.3) is 11.6 Å². The number of nitro benzene ring substituents is 1. The molecule has 1 aliphatic heterocycles. The van der Waals surface area contributed by atoms with Crippen molar-refractivity contribution in [1.82, 2.24) is 4.90 Å². The lowest BCUT2D eigenvalue weighted by molar-refractivity contribution is -0.385. The van der Waals surface area contributed by atoms with Crippen molar-refractivity contribution < 1.29 is 14.8 Å². The van der Waals surface area contributed by atoms with Crippen LogP contribution in [0, 0.1) is 16.0 Å². The smallest absolute Gasteiger partial charge is 0.282 e. The fraction of sp³-hybridized carbons (Fsp3) is 0.500. The maximum atomic E-state index is 12.5. The number of likely N-dealkylation sites (tertiary alicyclic amines) is 1. The minimum absolute atomic E-state index is 0.0913. The van der Waals surface area contributed by atoms with Crippen LogP contribution in [0.5, 0.6) is 0 Å². The van der Waals surface area contributed by atoms with Crippen LogP contribution >= 0.6 is 11.8 Å². The van der Waals surface area contributed by atoms with Crippen molar-refractivity contribution in [2.75, 3.05) is 19.3 Å². The fourth-order valence-corrected chi connectivity index (χ4v) is 2.82. The molecule has 1 aromatic carbocycles. The average Bonchev–Trinajstić information content (AvgIpc) is 2.48. The molecule has 0 aromatic heterocycles. The van der Waals surface area contributed by atoms with Crippen molar-refractivity contribution in [1.29, 1.82) is 0 Å². The summed E-state index contributed by atoms with van der Waals surface area (Å²) in [5.41, 5.74) is -0.0977. The van der Waals surface area contributed by atoms with E-state index in [1.807, 2.05) is 13.2 Å². The Hall–Kier alpha value is -1.60. The molecule has 2 rings (SSSR count). The summed E-state index contributed by atoms with van der Waals surface area (Å²) >= 11 is 1.43. The topological polar surface area (TPSA) is 83.7 Å². The zero-order valence-electron chi connectivity index (χ0n) is 12.0. The highest BCUT2D eigenvalue weighted by Crippen LogP contribution is 2.27. The number of nitro groups is 1. The quantitative estimate of drug-likeness (QED) is 0.525. The number of piperidine rings is 1. The maximum Gasteiger partial charge on any atom is 0.282 e. The molecule has 2 unspecified atom stereocenters. The first-order valence-corrected chi connectivity index (χ1v) is 7.96. The van der Waals surface area contributed by atoms with Gasteiger partial charge in [-0.1, -0.05) is 6.92 Å². The van der Waals surface area contributed by atoms with E-state index in [4.69, 9.17) is 0 Å². The third-order valence-corrected chi connectivity index (χ3v) is 4.56. The minimum Gasteiger partial charge on any atom is -0.391 e. The van der Waals surface area contributed by atoms with E-state index in [1.54, 1.807) is 12.1 Å². The van der Waals surface area contributed by atoms with Gasteiger partial charge in [-0.2, -0.15) is 0 Å². The van der Waals surface area contributed by atoms with Gasteiger partial charge in [0.1, 0.15) is 5.56 Å². The molecule has 1 saturated heterocycles. The molecule has 114 valence electrons. The molecule has 1 N–H and O–H groups in total. The second-order valence-electron chi connectivity index (χ2n) is 5.22. The number of rotatable bonds is 3. The van der Waals surface area contributed by atoms with Crippen LogP contribution in [-0.2, 0) is 0 Å². The molecule has 1 aromatic rings. The van der Waals surface area contributed by atoms with E-state index in [1.165, 1.54) is 22.7 Å². The molecule has 0 saturated carbocycles. The molecule has 1 fully saturated rings. The molecule has 21 heavy (non-hydrogen) atoms. The third kappa shape index (κ3) is 3.36. The fourth-order valence-electron chi connectivity index (χ4n) is 2.38. The van der Waals surface area contributed by atoms with E-state index in [0.29, 0.717) is 13.0 Å². The zero-order chi connectivity index (χ0) is 15.6. The van der Waals surface area contributed by atoms with Gasteiger partial charge in [0.2, 0.25) is 0 Å². The van der Waals surface area contributed by atoms with E-state index >= 15 is 0 Å². The number of thioether (sulfide) groups is 1. The highest BCUT2D eigenvalue weighted by atomic mass is 32.2. The number of hydrogen-bond acceptors (Lipinski definition) is 5. The van der Waals surface area contributed by atoms with Crippen LogP contribution in [0.15, 0.2) is 23.1 Å². The van der Waals surface area contributed by atoms with Crippen molar-refractivity contribution in [3.63, 3.8) is 0 Å². The first-order valence-electron chi connectivity index (χ1n) is 6.73. The zero-order valence-corrected chi connectivity index (χ0v) is 12.8. The Labute approximate surface area is 127 Å². The number of aliphatic hydroxyl groups excluding tert-OH is 1. The van der Waals surface area contributed by atoms with Crippen molar-refractivity contribution in [3.8, 4) is 0 Å². The highest BCUT2D eigenvalue weighted by molar-refractivity contribution is 7.98. The molecule has 0 spiro atoms. The molecule has 1 amide bonds. The van der Waals surface area contributed by atoms with Gasteiger partial charge in [-0.05, 0) is 30.7 Å². The molecule has 1 aliphatic rings. The Kier molecular flexibility index (Phi) is 4.84. The van der Waals surface area contributed by atoms with Crippen LogP contribution in [0.1, 0.15) is 23.7 Å². The number of carbonyl (C=O) groups is 1. The summed E-state index contributed by atoms with van der Waals surface area (Å²) in [6.07, 6.45) is 1.97. The molecule has 2 atom stereocenters. The van der Waals surface area contributed by atoms with Gasteiger partial charge in [-0.25, -0.2) is 0 Å². The van der Waals surface area contributed by atoms with Gasteiger partial charge in [0.15, 0.2) is 0 Å². The highest BCUT2D eigenvalue weighted by Gasteiger charge is 2.31. The number of nitrogens with zero attached hydrogens (tertiary/aromatic N) is 2. The van der Waals surface area contributed by atoms with E-state index < -0.39 is 11.0 Å². The lowest BCUT2D eigenvalue weighted by atomic mass is 9.95. The molecule has 0 bridgehead atoms. The summed E-state index contributed by atoms with van der Waals surface area (Å²) in [6.45, 7) is 2.67. The molecular weight excluding hydrogens is 292 g/mol. The normalized spacial score (nSPS) is 22.1. The number of β-amino-alcohol motifs (C(OH)–C–C–N with tert-alkyl or cyclic N) is 1. The van der Waals surface area contributed by atoms with Crippen LogP contribution in [0.25, 0.3) is 0 Å². The minimum atomic E-state index is -0.578. The number of aliphatic hydroxyl groups is 1. The van der Waals surface area contributed by atoms with Crippen LogP contribution in [-0.4, -0.2) is 46.3 Å². The Morgan fingerprint density at radius 2 is 2.24 bits per heavy atom. The van der Waals surface area contributed by atoms with Gasteiger partial charge in [0, 0.05) is 24.1 Å². The molecule has 6 nitrogen and oxygen atoms in total. The average molecular weight is 310 g/mol. The van der Waals surface area contributed by atoms with Crippen LogP contribution in [0.4, 0.5) is 5.69 Å². The number of hydrogen-bond donors (Lipinski definition) is 1. The van der Waals surface area contributed by atoms with Crippen molar-refractivity contribution >= 4 is 23.4 Å². The van der Waals surface area contributed by atoms with Crippen molar-refractivity contribution in [3.05, 3.63) is 33.9 Å². The Morgan fingerprint density at radius 3 is 2.81 bits per heavy atom. The van der Waals surface area contributed by atoms with E-state index in [0.717, 1.165) is 4.90 Å². The summed E-state index contributed by atoms with van der Waals surface area (Å²) in [7, 11) is 0. The lowest BCUT2D eigenvalue weighted by Crippen LogP contribution is -2.45. The first kappa shape index (κ1) is 15.8. The summed E-state index contributed by atoms with van der Waals surface area (Å²) in [4.78, 5) is 25.4. The molecule has 1 heterocycles. The largest absolute Gasteiger partial charge is 0.391 e. The van der Waals surface area contributed by atoms with Crippen LogP contribution in [0.3, 0.4) is 0 Å². The van der Waals surface area contributed by atoms with E-state index in [-0.39, 0.29) is 29.6 Å². The molecule has 0 aliphatic carbocycles. The SMILES string of the molecule is CSc1ccc([N+](=O)[O-])c(C(=O)N2CCC(C)C(O)C2)c1. The van der Waals surface area contributed by atoms with Gasteiger partial charge >= 0.3 is 0 Å². The number of amides is 1. The summed E-state index contributed by atoms with van der Waals surface area (Å²) < 4.78 is 0. The van der Waals surface area contributed by atoms with Crippen molar-refractivity contribution in [2.45, 2.75) is 24.3 Å².